The summed E-state index contributed by atoms with van der Waals surface area (Å²) in [6, 6.07) is 9.17. The minimum atomic E-state index is -0.432. The van der Waals surface area contributed by atoms with Crippen LogP contribution in [0.5, 0.6) is 5.75 Å². The lowest BCUT2D eigenvalue weighted by Crippen LogP contribution is -2.40. The Morgan fingerprint density at radius 1 is 1.10 bits per heavy atom. The molecule has 0 saturated carbocycles. The second kappa shape index (κ2) is 8.41. The normalized spacial score (nSPS) is 14.7. The molecular weight excluding hydrogens is 398 g/mol. The Morgan fingerprint density at radius 3 is 2.42 bits per heavy atom. The molecule has 0 radical (unpaired) electrons. The van der Waals surface area contributed by atoms with Crippen LogP contribution >= 0.6 is 0 Å². The molecule has 162 valence electrons. The van der Waals surface area contributed by atoms with Crippen LogP contribution in [0, 0.1) is 12.8 Å². The third kappa shape index (κ3) is 3.87. The molecule has 2 aromatic carbocycles. The van der Waals surface area contributed by atoms with Crippen LogP contribution in [0.2, 0.25) is 0 Å². The Hall–Kier alpha value is -3.35. The van der Waals surface area contributed by atoms with Gasteiger partial charge < -0.3 is 18.8 Å². The number of hydrogen-bond donors (Lipinski definition) is 0. The van der Waals surface area contributed by atoms with E-state index in [4.69, 9.17) is 13.9 Å². The molecule has 7 heteroatoms. The molecule has 3 aromatic rings. The topological polar surface area (TPSA) is 86.1 Å². The van der Waals surface area contributed by atoms with Crippen LogP contribution in [0.15, 0.2) is 34.7 Å². The van der Waals surface area contributed by atoms with Crippen molar-refractivity contribution < 1.29 is 28.3 Å². The maximum atomic E-state index is 13.4. The predicted molar refractivity (Wildman–Crippen MR) is 115 cm³/mol. The van der Waals surface area contributed by atoms with Crippen molar-refractivity contribution in [1.82, 2.24) is 4.90 Å². The highest BCUT2D eigenvalue weighted by atomic mass is 16.5. The summed E-state index contributed by atoms with van der Waals surface area (Å²) in [5.41, 5.74) is 1.05. The van der Waals surface area contributed by atoms with Crippen LogP contribution in [0.25, 0.3) is 21.7 Å². The van der Waals surface area contributed by atoms with Crippen LogP contribution in [0.1, 0.15) is 42.8 Å². The van der Waals surface area contributed by atoms with Gasteiger partial charge in [0.2, 0.25) is 0 Å². The first-order chi connectivity index (χ1) is 14.9. The second-order valence-corrected chi connectivity index (χ2v) is 7.74. The number of piperidine rings is 1. The van der Waals surface area contributed by atoms with Gasteiger partial charge in [0.1, 0.15) is 17.1 Å². The first kappa shape index (κ1) is 20.9. The minimum absolute atomic E-state index is 0.150. The summed E-state index contributed by atoms with van der Waals surface area (Å²) in [4.78, 5) is 38.8. The number of rotatable bonds is 4. The van der Waals surface area contributed by atoms with E-state index in [-0.39, 0.29) is 17.8 Å². The quantitative estimate of drug-likeness (QED) is 0.461. The number of likely N-dealkylation sites (tertiary alicyclic amines) is 1. The van der Waals surface area contributed by atoms with Crippen LogP contribution in [-0.2, 0) is 14.3 Å². The number of fused-ring (bicyclic) bond motifs is 3. The van der Waals surface area contributed by atoms with Gasteiger partial charge in [-0.1, -0.05) is 24.3 Å². The molecule has 31 heavy (non-hydrogen) atoms. The molecule has 1 aliphatic rings. The highest BCUT2D eigenvalue weighted by Crippen LogP contribution is 2.38. The van der Waals surface area contributed by atoms with Crippen molar-refractivity contribution in [3.8, 4) is 5.75 Å². The van der Waals surface area contributed by atoms with Gasteiger partial charge in [-0.25, -0.2) is 0 Å². The highest BCUT2D eigenvalue weighted by Gasteiger charge is 2.31. The Morgan fingerprint density at radius 2 is 1.77 bits per heavy atom. The molecule has 0 unspecified atom stereocenters. The van der Waals surface area contributed by atoms with E-state index in [9.17, 15) is 14.4 Å². The monoisotopic (exact) mass is 423 g/mol. The van der Waals surface area contributed by atoms with Crippen molar-refractivity contribution in [2.75, 3.05) is 19.7 Å². The SMILES string of the molecule is CCOC(=O)C1CCN(C(=O)c2c(C)oc3c2cc(OC(C)=O)c2ccccc23)CC1. The average Bonchev–Trinajstić information content (AvgIpc) is 3.09. The number of benzene rings is 2. The number of ether oxygens (including phenoxy) is 2. The molecule has 1 amide bonds. The second-order valence-electron chi connectivity index (χ2n) is 7.74. The lowest BCUT2D eigenvalue weighted by atomic mass is 9.96. The molecule has 1 aromatic heterocycles. The van der Waals surface area contributed by atoms with Gasteiger partial charge in [0, 0.05) is 36.2 Å². The number of furan rings is 1. The van der Waals surface area contributed by atoms with Gasteiger partial charge in [-0.15, -0.1) is 0 Å². The summed E-state index contributed by atoms with van der Waals surface area (Å²) in [7, 11) is 0. The molecule has 1 fully saturated rings. The molecule has 0 aliphatic carbocycles. The Bertz CT molecular complexity index is 1170. The Balaban J connectivity index is 1.70. The zero-order valence-corrected chi connectivity index (χ0v) is 17.9. The minimum Gasteiger partial charge on any atom is -0.466 e. The van der Waals surface area contributed by atoms with Gasteiger partial charge in [-0.3, -0.25) is 14.4 Å². The van der Waals surface area contributed by atoms with Crippen molar-refractivity contribution >= 4 is 39.6 Å². The van der Waals surface area contributed by atoms with Gasteiger partial charge in [0.25, 0.3) is 5.91 Å². The molecule has 2 heterocycles. The number of hydrogen-bond acceptors (Lipinski definition) is 6. The summed E-state index contributed by atoms with van der Waals surface area (Å²) in [5.74, 6) is -0.0481. The fraction of sp³-hybridized carbons (Fsp3) is 0.375. The number of amides is 1. The molecule has 7 nitrogen and oxygen atoms in total. The number of carbonyl (C=O) groups excluding carboxylic acids is 3. The van der Waals surface area contributed by atoms with Crippen LogP contribution in [-0.4, -0.2) is 42.4 Å². The van der Waals surface area contributed by atoms with Gasteiger partial charge >= 0.3 is 11.9 Å². The van der Waals surface area contributed by atoms with Crippen molar-refractivity contribution in [2.45, 2.75) is 33.6 Å². The molecule has 0 bridgehead atoms. The molecule has 1 aliphatic heterocycles. The first-order valence-electron chi connectivity index (χ1n) is 10.5. The van der Waals surface area contributed by atoms with Crippen LogP contribution < -0.4 is 4.74 Å². The summed E-state index contributed by atoms with van der Waals surface area (Å²) in [5, 5.41) is 2.14. The van der Waals surface area contributed by atoms with Crippen LogP contribution in [0.4, 0.5) is 0 Å². The largest absolute Gasteiger partial charge is 0.466 e. The van der Waals surface area contributed by atoms with E-state index in [0.29, 0.717) is 60.6 Å². The van der Waals surface area contributed by atoms with E-state index in [1.165, 1.54) is 6.92 Å². The lowest BCUT2D eigenvalue weighted by Gasteiger charge is -2.30. The summed E-state index contributed by atoms with van der Waals surface area (Å²) >= 11 is 0. The van der Waals surface area contributed by atoms with Gasteiger partial charge in [-0.2, -0.15) is 0 Å². The standard InChI is InChI=1S/C24H25NO6/c1-4-29-24(28)16-9-11-25(12-10-16)23(27)21-14(2)30-22-18-8-6-5-7-17(18)20(13-19(21)22)31-15(3)26/h5-8,13,16H,4,9-12H2,1-3H3. The zero-order chi connectivity index (χ0) is 22.1. The fourth-order valence-electron chi connectivity index (χ4n) is 4.25. The fourth-order valence-corrected chi connectivity index (χ4v) is 4.25. The third-order valence-electron chi connectivity index (χ3n) is 5.70. The van der Waals surface area contributed by atoms with Crippen LogP contribution in [0.3, 0.4) is 0 Å². The van der Waals surface area contributed by atoms with E-state index in [1.54, 1.807) is 24.8 Å². The number of aryl methyl sites for hydroxylation is 1. The van der Waals surface area contributed by atoms with E-state index in [1.807, 2.05) is 24.3 Å². The highest BCUT2D eigenvalue weighted by molar-refractivity contribution is 6.16. The average molecular weight is 423 g/mol. The molecule has 0 atom stereocenters. The molecular formula is C24H25NO6. The van der Waals surface area contributed by atoms with E-state index in [0.717, 1.165) is 10.8 Å². The summed E-state index contributed by atoms with van der Waals surface area (Å²) in [6.07, 6.45) is 1.14. The van der Waals surface area contributed by atoms with Crippen molar-refractivity contribution in [2.24, 2.45) is 5.92 Å². The van der Waals surface area contributed by atoms with E-state index in [2.05, 4.69) is 0 Å². The maximum absolute atomic E-state index is 13.4. The first-order valence-corrected chi connectivity index (χ1v) is 10.5. The molecule has 1 saturated heterocycles. The lowest BCUT2D eigenvalue weighted by molar-refractivity contribution is -0.149. The smallest absolute Gasteiger partial charge is 0.309 e. The zero-order valence-electron chi connectivity index (χ0n) is 17.9. The molecule has 4 rings (SSSR count). The number of esters is 2. The van der Waals surface area contributed by atoms with Gasteiger partial charge in [-0.05, 0) is 32.8 Å². The predicted octanol–water partition coefficient (Wildman–Crippen LogP) is 4.24. The van der Waals surface area contributed by atoms with E-state index >= 15 is 0 Å². The number of nitrogens with zero attached hydrogens (tertiary/aromatic N) is 1. The Labute approximate surface area is 179 Å². The van der Waals surface area contributed by atoms with Gasteiger partial charge in [0.05, 0.1) is 18.1 Å². The third-order valence-corrected chi connectivity index (χ3v) is 5.70. The van der Waals surface area contributed by atoms with Crippen molar-refractivity contribution in [3.63, 3.8) is 0 Å². The number of carbonyl (C=O) groups is 3. The van der Waals surface area contributed by atoms with Crippen molar-refractivity contribution in [1.29, 1.82) is 0 Å². The molecule has 0 spiro atoms. The Kier molecular flexibility index (Phi) is 5.67. The maximum Gasteiger partial charge on any atom is 0.309 e. The summed E-state index contributed by atoms with van der Waals surface area (Å²) in [6.45, 7) is 6.20. The summed E-state index contributed by atoms with van der Waals surface area (Å²) < 4.78 is 16.6. The van der Waals surface area contributed by atoms with Crippen molar-refractivity contribution in [3.05, 3.63) is 41.7 Å². The van der Waals surface area contributed by atoms with Gasteiger partial charge in [0.15, 0.2) is 0 Å². The van der Waals surface area contributed by atoms with E-state index < -0.39 is 5.97 Å². The molecule has 0 N–H and O–H groups in total.